The first-order valence-electron chi connectivity index (χ1n) is 4.22. The Bertz CT molecular complexity index is 506. The van der Waals surface area contributed by atoms with Crippen molar-refractivity contribution >= 4 is 5.91 Å². The van der Waals surface area contributed by atoms with Crippen LogP contribution in [0.15, 0.2) is 22.9 Å². The minimum atomic E-state index is -0.653. The zero-order valence-electron chi connectivity index (χ0n) is 7.97. The number of hydrogen-bond donors (Lipinski definition) is 1. The first-order valence-corrected chi connectivity index (χ1v) is 4.22. The van der Waals surface area contributed by atoms with E-state index in [0.29, 0.717) is 11.5 Å². The lowest BCUT2D eigenvalue weighted by molar-refractivity contribution is 0.0974. The second-order valence-corrected chi connectivity index (χ2v) is 2.88. The Labute approximate surface area is 85.2 Å². The maximum absolute atomic E-state index is 10.8. The summed E-state index contributed by atoms with van der Waals surface area (Å²) in [7, 11) is 0. The molecule has 15 heavy (non-hydrogen) atoms. The molecule has 0 radical (unpaired) electrons. The topological polar surface area (TPSA) is 94.9 Å². The third-order valence-electron chi connectivity index (χ3n) is 1.74. The number of rotatable bonds is 2. The summed E-state index contributed by atoms with van der Waals surface area (Å²) >= 11 is 0. The molecular formula is C9H8N4O2. The van der Waals surface area contributed by atoms with Crippen molar-refractivity contribution in [2.45, 2.75) is 6.92 Å². The standard InChI is InChI=1S/C9H8N4O2/c1-5-11-3-2-6(13-5)9-12-4-7(15-9)8(10)14/h2-4H,1H3,(H2,10,14). The van der Waals surface area contributed by atoms with Gasteiger partial charge in [0.05, 0.1) is 6.20 Å². The van der Waals surface area contributed by atoms with Gasteiger partial charge in [0.25, 0.3) is 5.91 Å². The third-order valence-corrected chi connectivity index (χ3v) is 1.74. The number of carbonyl (C=O) groups is 1. The van der Waals surface area contributed by atoms with E-state index < -0.39 is 5.91 Å². The highest BCUT2D eigenvalue weighted by Gasteiger charge is 2.11. The number of nitrogens with zero attached hydrogens (tertiary/aromatic N) is 3. The van der Waals surface area contributed by atoms with Gasteiger partial charge < -0.3 is 10.2 Å². The molecule has 0 atom stereocenters. The monoisotopic (exact) mass is 204 g/mol. The zero-order valence-corrected chi connectivity index (χ0v) is 7.97. The van der Waals surface area contributed by atoms with Crippen LogP contribution in [0.3, 0.4) is 0 Å². The first kappa shape index (κ1) is 9.32. The smallest absolute Gasteiger partial charge is 0.286 e. The van der Waals surface area contributed by atoms with Gasteiger partial charge in [-0.1, -0.05) is 0 Å². The minimum Gasteiger partial charge on any atom is -0.429 e. The Hall–Kier alpha value is -2.24. The highest BCUT2D eigenvalue weighted by molar-refractivity contribution is 5.89. The molecule has 2 heterocycles. The van der Waals surface area contributed by atoms with Gasteiger partial charge in [-0.15, -0.1) is 0 Å². The van der Waals surface area contributed by atoms with Crippen molar-refractivity contribution in [3.63, 3.8) is 0 Å². The molecular weight excluding hydrogens is 196 g/mol. The predicted octanol–water partition coefficient (Wildman–Crippen LogP) is 0.539. The minimum absolute atomic E-state index is 0.0151. The quantitative estimate of drug-likeness (QED) is 0.770. The highest BCUT2D eigenvalue weighted by Crippen LogP contribution is 2.15. The fraction of sp³-hybridized carbons (Fsp3) is 0.111. The maximum atomic E-state index is 10.8. The lowest BCUT2D eigenvalue weighted by Gasteiger charge is -1.94. The molecule has 0 bridgehead atoms. The SMILES string of the molecule is Cc1nccc(-c2ncc(C(N)=O)o2)n1. The summed E-state index contributed by atoms with van der Waals surface area (Å²) in [5.41, 5.74) is 5.55. The summed E-state index contributed by atoms with van der Waals surface area (Å²) in [6, 6.07) is 1.64. The Morgan fingerprint density at radius 3 is 2.87 bits per heavy atom. The molecule has 1 amide bonds. The summed E-state index contributed by atoms with van der Waals surface area (Å²) in [5, 5.41) is 0. The van der Waals surface area contributed by atoms with Crippen molar-refractivity contribution in [1.29, 1.82) is 0 Å². The predicted molar refractivity (Wildman–Crippen MR) is 50.8 cm³/mol. The number of oxazole rings is 1. The molecule has 0 saturated carbocycles. The molecule has 6 heteroatoms. The Morgan fingerprint density at radius 1 is 1.47 bits per heavy atom. The van der Waals surface area contributed by atoms with E-state index in [0.717, 1.165) is 0 Å². The number of hydrogen-bond acceptors (Lipinski definition) is 5. The van der Waals surface area contributed by atoms with Crippen molar-refractivity contribution in [3.8, 4) is 11.6 Å². The van der Waals surface area contributed by atoms with Crippen LogP contribution in [0.1, 0.15) is 16.4 Å². The summed E-state index contributed by atoms with van der Waals surface area (Å²) in [5.74, 6) is 0.224. The summed E-state index contributed by atoms with van der Waals surface area (Å²) in [6.45, 7) is 1.75. The van der Waals surface area contributed by atoms with Gasteiger partial charge in [0, 0.05) is 6.20 Å². The van der Waals surface area contributed by atoms with E-state index in [9.17, 15) is 4.79 Å². The normalized spacial score (nSPS) is 10.2. The molecule has 0 saturated heterocycles. The molecule has 0 spiro atoms. The fourth-order valence-electron chi connectivity index (χ4n) is 1.08. The van der Waals surface area contributed by atoms with E-state index in [1.54, 1.807) is 19.2 Å². The van der Waals surface area contributed by atoms with Crippen LogP contribution >= 0.6 is 0 Å². The number of nitrogens with two attached hydrogens (primary N) is 1. The van der Waals surface area contributed by atoms with Crippen molar-refractivity contribution < 1.29 is 9.21 Å². The van der Waals surface area contributed by atoms with Crippen molar-refractivity contribution in [2.24, 2.45) is 5.73 Å². The number of amides is 1. The van der Waals surface area contributed by atoms with Gasteiger partial charge in [-0.05, 0) is 13.0 Å². The van der Waals surface area contributed by atoms with Gasteiger partial charge in [-0.25, -0.2) is 15.0 Å². The Balaban J connectivity index is 2.41. The molecule has 6 nitrogen and oxygen atoms in total. The van der Waals surface area contributed by atoms with E-state index in [2.05, 4.69) is 15.0 Å². The molecule has 0 unspecified atom stereocenters. The molecule has 2 N–H and O–H groups in total. The first-order chi connectivity index (χ1) is 7.16. The van der Waals surface area contributed by atoms with Gasteiger partial charge >= 0.3 is 0 Å². The lowest BCUT2D eigenvalue weighted by atomic mass is 10.4. The average molecular weight is 204 g/mol. The second-order valence-electron chi connectivity index (χ2n) is 2.88. The van der Waals surface area contributed by atoms with Crippen LogP contribution in [-0.2, 0) is 0 Å². The summed E-state index contributed by atoms with van der Waals surface area (Å²) in [6.07, 6.45) is 2.86. The van der Waals surface area contributed by atoms with Crippen LogP contribution in [0.2, 0.25) is 0 Å². The molecule has 2 rings (SSSR count). The van der Waals surface area contributed by atoms with Gasteiger partial charge in [0.2, 0.25) is 11.7 Å². The molecule has 76 valence electrons. The lowest BCUT2D eigenvalue weighted by Crippen LogP contribution is -2.09. The maximum Gasteiger partial charge on any atom is 0.286 e. The van der Waals surface area contributed by atoms with Crippen LogP contribution in [0.4, 0.5) is 0 Å². The highest BCUT2D eigenvalue weighted by atomic mass is 16.4. The molecule has 2 aromatic heterocycles. The van der Waals surface area contributed by atoms with Crippen LogP contribution in [0.5, 0.6) is 0 Å². The van der Waals surface area contributed by atoms with Gasteiger partial charge in [-0.3, -0.25) is 4.79 Å². The van der Waals surface area contributed by atoms with Crippen LogP contribution < -0.4 is 5.73 Å². The molecule has 0 aliphatic heterocycles. The molecule has 0 aliphatic carbocycles. The molecule has 0 aromatic carbocycles. The largest absolute Gasteiger partial charge is 0.429 e. The van der Waals surface area contributed by atoms with E-state index >= 15 is 0 Å². The Kier molecular flexibility index (Phi) is 2.17. The van der Waals surface area contributed by atoms with Crippen LogP contribution in [0, 0.1) is 6.92 Å². The fourth-order valence-corrected chi connectivity index (χ4v) is 1.08. The second kappa shape index (κ2) is 3.49. The molecule has 2 aromatic rings. The number of carbonyl (C=O) groups excluding carboxylic acids is 1. The van der Waals surface area contributed by atoms with Crippen LogP contribution in [-0.4, -0.2) is 20.9 Å². The van der Waals surface area contributed by atoms with Crippen molar-refractivity contribution in [3.05, 3.63) is 30.0 Å². The van der Waals surface area contributed by atoms with Crippen LogP contribution in [0.25, 0.3) is 11.6 Å². The van der Waals surface area contributed by atoms with Crippen molar-refractivity contribution in [1.82, 2.24) is 15.0 Å². The summed E-state index contributed by atoms with van der Waals surface area (Å²) < 4.78 is 5.11. The molecule has 0 aliphatic rings. The van der Waals surface area contributed by atoms with E-state index in [1.807, 2.05) is 0 Å². The van der Waals surface area contributed by atoms with E-state index in [1.165, 1.54) is 6.20 Å². The van der Waals surface area contributed by atoms with Crippen molar-refractivity contribution in [2.75, 3.05) is 0 Å². The zero-order chi connectivity index (χ0) is 10.8. The number of aryl methyl sites for hydroxylation is 1. The van der Waals surface area contributed by atoms with E-state index in [-0.39, 0.29) is 11.7 Å². The number of aromatic nitrogens is 3. The van der Waals surface area contributed by atoms with Gasteiger partial charge in [0.1, 0.15) is 11.5 Å². The van der Waals surface area contributed by atoms with Gasteiger partial charge in [-0.2, -0.15) is 0 Å². The summed E-state index contributed by atoms with van der Waals surface area (Å²) in [4.78, 5) is 22.7. The number of primary amides is 1. The molecule has 0 fully saturated rings. The third kappa shape index (κ3) is 1.83. The van der Waals surface area contributed by atoms with E-state index in [4.69, 9.17) is 10.2 Å². The average Bonchev–Trinajstić information content (AvgIpc) is 2.66. The Morgan fingerprint density at radius 2 is 2.27 bits per heavy atom. The van der Waals surface area contributed by atoms with Gasteiger partial charge in [0.15, 0.2) is 0 Å².